The van der Waals surface area contributed by atoms with Crippen LogP contribution in [0.1, 0.15) is 58.3 Å². The van der Waals surface area contributed by atoms with Crippen molar-refractivity contribution in [1.82, 2.24) is 10.2 Å². The lowest BCUT2D eigenvalue weighted by atomic mass is 9.96. The lowest BCUT2D eigenvalue weighted by molar-refractivity contribution is -0.135. The van der Waals surface area contributed by atoms with Gasteiger partial charge in [0.1, 0.15) is 0 Å². The van der Waals surface area contributed by atoms with Gasteiger partial charge in [-0.05, 0) is 57.9 Å². The van der Waals surface area contributed by atoms with Crippen molar-refractivity contribution in [3.8, 4) is 0 Å². The number of allylic oxidation sites excluding steroid dienone is 1. The van der Waals surface area contributed by atoms with Gasteiger partial charge in [0.25, 0.3) is 0 Å². The summed E-state index contributed by atoms with van der Waals surface area (Å²) in [4.78, 5) is 14.4. The number of rotatable bonds is 6. The number of carbonyl (C=O) groups is 1. The van der Waals surface area contributed by atoms with Gasteiger partial charge in [0.05, 0.1) is 6.04 Å². The molecule has 0 spiro atoms. The zero-order valence-electron chi connectivity index (χ0n) is 12.3. The second-order valence-electron chi connectivity index (χ2n) is 5.83. The number of nitrogens with zero attached hydrogens (tertiary/aromatic N) is 1. The molecule has 1 N–H and O–H groups in total. The van der Waals surface area contributed by atoms with Crippen LogP contribution in [0.5, 0.6) is 0 Å². The van der Waals surface area contributed by atoms with Crippen molar-refractivity contribution in [2.75, 3.05) is 19.6 Å². The van der Waals surface area contributed by atoms with Crippen molar-refractivity contribution in [1.29, 1.82) is 0 Å². The summed E-state index contributed by atoms with van der Waals surface area (Å²) in [5.41, 5.74) is 1.57. The van der Waals surface area contributed by atoms with Crippen LogP contribution in [-0.4, -0.2) is 36.5 Å². The molecule has 0 aromatic carbocycles. The maximum absolute atomic E-state index is 12.3. The molecule has 3 nitrogen and oxygen atoms in total. The van der Waals surface area contributed by atoms with E-state index in [9.17, 15) is 4.79 Å². The number of nitrogens with one attached hydrogen (secondary N) is 1. The summed E-state index contributed by atoms with van der Waals surface area (Å²) in [6, 6.07) is 0.0778. The Morgan fingerprint density at radius 1 is 1.37 bits per heavy atom. The van der Waals surface area contributed by atoms with E-state index in [4.69, 9.17) is 0 Å². The molecule has 2 rings (SSSR count). The maximum atomic E-state index is 12.3. The van der Waals surface area contributed by atoms with Gasteiger partial charge < -0.3 is 10.2 Å². The zero-order valence-corrected chi connectivity index (χ0v) is 12.3. The molecule has 0 aromatic heterocycles. The average Bonchev–Trinajstić information content (AvgIpc) is 2.46. The predicted molar refractivity (Wildman–Crippen MR) is 79.1 cm³/mol. The highest BCUT2D eigenvalue weighted by Crippen LogP contribution is 2.21. The summed E-state index contributed by atoms with van der Waals surface area (Å²) in [6.07, 6.45) is 11.9. The molecule has 1 atom stereocenters. The van der Waals surface area contributed by atoms with Gasteiger partial charge in [-0.3, -0.25) is 4.79 Å². The molecule has 1 amide bonds. The molecule has 0 radical (unpaired) electrons. The Hall–Kier alpha value is -0.830. The molecular formula is C16H28N2O. The second-order valence-corrected chi connectivity index (χ2v) is 5.83. The number of likely N-dealkylation sites (tertiary alicyclic amines) is 1. The van der Waals surface area contributed by atoms with E-state index in [-0.39, 0.29) is 6.04 Å². The fourth-order valence-electron chi connectivity index (χ4n) is 3.08. The Balaban J connectivity index is 1.78. The average molecular weight is 264 g/mol. The molecule has 1 saturated heterocycles. The number of piperidine rings is 1. The molecule has 1 aliphatic heterocycles. The fraction of sp³-hybridized carbons (Fsp3) is 0.812. The van der Waals surface area contributed by atoms with Crippen molar-refractivity contribution < 1.29 is 4.79 Å². The molecule has 1 heterocycles. The van der Waals surface area contributed by atoms with E-state index in [0.717, 1.165) is 45.3 Å². The monoisotopic (exact) mass is 264 g/mol. The van der Waals surface area contributed by atoms with Crippen LogP contribution in [0.2, 0.25) is 0 Å². The standard InChI is InChI=1S/C16H28N2O/c1-2-11-17-15-9-6-12-18(16(15)19)13-10-14-7-4-3-5-8-14/h7,15,17H,2-6,8-13H2,1H3. The fourth-order valence-corrected chi connectivity index (χ4v) is 3.08. The largest absolute Gasteiger partial charge is 0.341 e. The molecule has 0 aromatic rings. The quantitative estimate of drug-likeness (QED) is 0.748. The topological polar surface area (TPSA) is 32.3 Å². The molecule has 0 saturated carbocycles. The summed E-state index contributed by atoms with van der Waals surface area (Å²) in [5, 5.41) is 3.38. The smallest absolute Gasteiger partial charge is 0.239 e. The van der Waals surface area contributed by atoms with Crippen LogP contribution < -0.4 is 5.32 Å². The van der Waals surface area contributed by atoms with Crippen LogP contribution in [0.3, 0.4) is 0 Å². The van der Waals surface area contributed by atoms with Crippen molar-refractivity contribution in [3.63, 3.8) is 0 Å². The highest BCUT2D eigenvalue weighted by atomic mass is 16.2. The molecule has 108 valence electrons. The van der Waals surface area contributed by atoms with Gasteiger partial charge in [-0.2, -0.15) is 0 Å². The highest BCUT2D eigenvalue weighted by molar-refractivity contribution is 5.82. The van der Waals surface area contributed by atoms with Crippen molar-refractivity contribution in [2.24, 2.45) is 0 Å². The molecule has 1 aliphatic carbocycles. The van der Waals surface area contributed by atoms with Crippen LogP contribution in [0.4, 0.5) is 0 Å². The van der Waals surface area contributed by atoms with Gasteiger partial charge in [-0.25, -0.2) is 0 Å². The van der Waals surface area contributed by atoms with Gasteiger partial charge in [-0.1, -0.05) is 18.6 Å². The number of hydrogen-bond acceptors (Lipinski definition) is 2. The SMILES string of the molecule is CCCNC1CCCN(CCC2=CCCCC2)C1=O. The summed E-state index contributed by atoms with van der Waals surface area (Å²) >= 11 is 0. The van der Waals surface area contributed by atoms with Crippen LogP contribution in [0, 0.1) is 0 Å². The third-order valence-electron chi connectivity index (χ3n) is 4.26. The summed E-state index contributed by atoms with van der Waals surface area (Å²) < 4.78 is 0. The second kappa shape index (κ2) is 7.68. The molecule has 2 aliphatic rings. The van der Waals surface area contributed by atoms with E-state index in [1.54, 1.807) is 5.57 Å². The van der Waals surface area contributed by atoms with Gasteiger partial charge in [0, 0.05) is 13.1 Å². The normalized spacial score (nSPS) is 24.5. The summed E-state index contributed by atoms with van der Waals surface area (Å²) in [7, 11) is 0. The van der Waals surface area contributed by atoms with E-state index < -0.39 is 0 Å². The van der Waals surface area contributed by atoms with Crippen LogP contribution in [0.25, 0.3) is 0 Å². The third kappa shape index (κ3) is 4.34. The van der Waals surface area contributed by atoms with E-state index in [2.05, 4.69) is 23.2 Å². The van der Waals surface area contributed by atoms with Gasteiger partial charge >= 0.3 is 0 Å². The molecule has 1 unspecified atom stereocenters. The number of carbonyl (C=O) groups excluding carboxylic acids is 1. The van der Waals surface area contributed by atoms with Crippen LogP contribution >= 0.6 is 0 Å². The van der Waals surface area contributed by atoms with E-state index in [1.165, 1.54) is 25.7 Å². The van der Waals surface area contributed by atoms with Crippen molar-refractivity contribution in [2.45, 2.75) is 64.3 Å². The molecular weight excluding hydrogens is 236 g/mol. The van der Waals surface area contributed by atoms with E-state index >= 15 is 0 Å². The van der Waals surface area contributed by atoms with E-state index in [0.29, 0.717) is 5.91 Å². The van der Waals surface area contributed by atoms with Crippen LogP contribution in [0.15, 0.2) is 11.6 Å². The number of amides is 1. The van der Waals surface area contributed by atoms with Gasteiger partial charge in [0.15, 0.2) is 0 Å². The van der Waals surface area contributed by atoms with Crippen molar-refractivity contribution >= 4 is 5.91 Å². The highest BCUT2D eigenvalue weighted by Gasteiger charge is 2.27. The van der Waals surface area contributed by atoms with E-state index in [1.807, 2.05) is 0 Å². The summed E-state index contributed by atoms with van der Waals surface area (Å²) in [5.74, 6) is 0.330. The number of hydrogen-bond donors (Lipinski definition) is 1. The lowest BCUT2D eigenvalue weighted by Crippen LogP contribution is -2.51. The zero-order chi connectivity index (χ0) is 13.5. The van der Waals surface area contributed by atoms with Gasteiger partial charge in [-0.15, -0.1) is 0 Å². The molecule has 3 heteroatoms. The lowest BCUT2D eigenvalue weighted by Gasteiger charge is -2.33. The first kappa shape index (κ1) is 14.6. The first-order valence-electron chi connectivity index (χ1n) is 8.01. The minimum atomic E-state index is 0.0778. The Kier molecular flexibility index (Phi) is 5.90. The van der Waals surface area contributed by atoms with Gasteiger partial charge in [0.2, 0.25) is 5.91 Å². The molecule has 1 fully saturated rings. The Morgan fingerprint density at radius 3 is 3.00 bits per heavy atom. The predicted octanol–water partition coefficient (Wildman–Crippen LogP) is 2.87. The Bertz CT molecular complexity index is 325. The minimum Gasteiger partial charge on any atom is -0.341 e. The Morgan fingerprint density at radius 2 is 2.26 bits per heavy atom. The summed E-state index contributed by atoms with van der Waals surface area (Å²) in [6.45, 7) is 4.98. The Labute approximate surface area is 117 Å². The molecule has 19 heavy (non-hydrogen) atoms. The first-order valence-corrected chi connectivity index (χ1v) is 8.01. The minimum absolute atomic E-state index is 0.0778. The van der Waals surface area contributed by atoms with Crippen LogP contribution in [-0.2, 0) is 4.79 Å². The first-order chi connectivity index (χ1) is 9.31. The maximum Gasteiger partial charge on any atom is 0.239 e. The van der Waals surface area contributed by atoms with Crippen molar-refractivity contribution in [3.05, 3.63) is 11.6 Å². The molecule has 0 bridgehead atoms. The third-order valence-corrected chi connectivity index (χ3v) is 4.26.